The first-order valence-corrected chi connectivity index (χ1v) is 6.67. The molecule has 1 aromatic rings. The minimum atomic E-state index is -0.402. The van der Waals surface area contributed by atoms with Crippen molar-refractivity contribution in [3.05, 3.63) is 27.6 Å². The largest absolute Gasteiger partial charge is 0.486 e. The molecule has 0 atom stereocenters. The van der Waals surface area contributed by atoms with Crippen LogP contribution in [0.5, 0.6) is 11.5 Å². The van der Waals surface area contributed by atoms with E-state index in [2.05, 4.69) is 5.32 Å². The van der Waals surface area contributed by atoms with Crippen LogP contribution >= 0.6 is 23.4 Å². The highest BCUT2D eigenvalue weighted by molar-refractivity contribution is 8.18. The van der Waals surface area contributed by atoms with Gasteiger partial charge in [-0.15, -0.1) is 0 Å². The van der Waals surface area contributed by atoms with Crippen LogP contribution in [0.2, 0.25) is 5.02 Å². The molecule has 2 amide bonds. The fraction of sp³-hybridized carbons (Fsp3) is 0.167. The minimum absolute atomic E-state index is 0.331. The van der Waals surface area contributed by atoms with Gasteiger partial charge in [0.1, 0.15) is 13.2 Å². The number of ether oxygens (including phenoxy) is 2. The maximum absolute atomic E-state index is 11.5. The van der Waals surface area contributed by atoms with Gasteiger partial charge in [-0.25, -0.2) is 0 Å². The molecule has 19 heavy (non-hydrogen) atoms. The molecule has 2 heterocycles. The lowest BCUT2D eigenvalue weighted by Crippen LogP contribution is -2.17. The van der Waals surface area contributed by atoms with Gasteiger partial charge in [0, 0.05) is 0 Å². The average Bonchev–Trinajstić information content (AvgIpc) is 2.68. The Bertz CT molecular complexity index is 614. The molecule has 7 heteroatoms. The maximum atomic E-state index is 11.5. The first-order valence-electron chi connectivity index (χ1n) is 5.47. The summed E-state index contributed by atoms with van der Waals surface area (Å²) in [6.45, 7) is 0.914. The summed E-state index contributed by atoms with van der Waals surface area (Å²) in [6.07, 6.45) is 1.59. The van der Waals surface area contributed by atoms with Crippen LogP contribution < -0.4 is 14.8 Å². The van der Waals surface area contributed by atoms with Crippen molar-refractivity contribution in [3.63, 3.8) is 0 Å². The van der Waals surface area contributed by atoms with Gasteiger partial charge in [0.25, 0.3) is 11.1 Å². The Hall–Kier alpha value is -1.66. The maximum Gasteiger partial charge on any atom is 0.290 e. The molecule has 2 aliphatic rings. The van der Waals surface area contributed by atoms with Crippen molar-refractivity contribution in [1.82, 2.24) is 5.32 Å². The van der Waals surface area contributed by atoms with E-state index < -0.39 is 5.91 Å². The molecule has 1 aromatic carbocycles. The van der Waals surface area contributed by atoms with E-state index in [1.54, 1.807) is 18.2 Å². The normalized spacial score (nSPS) is 19.7. The SMILES string of the molecule is O=C1NC(=O)/C(=C/c2cc(Cl)c3c(c2)OCCO3)S1. The van der Waals surface area contributed by atoms with Crippen molar-refractivity contribution in [2.45, 2.75) is 0 Å². The summed E-state index contributed by atoms with van der Waals surface area (Å²) < 4.78 is 10.8. The molecule has 5 nitrogen and oxygen atoms in total. The van der Waals surface area contributed by atoms with Gasteiger partial charge in [0.05, 0.1) is 9.93 Å². The van der Waals surface area contributed by atoms with Crippen molar-refractivity contribution < 1.29 is 19.1 Å². The number of benzene rings is 1. The molecule has 0 aliphatic carbocycles. The van der Waals surface area contributed by atoms with Crippen molar-refractivity contribution in [1.29, 1.82) is 0 Å². The Morgan fingerprint density at radius 3 is 2.79 bits per heavy atom. The molecule has 2 aliphatic heterocycles. The van der Waals surface area contributed by atoms with Crippen LogP contribution in [0.15, 0.2) is 17.0 Å². The Kier molecular flexibility index (Phi) is 3.12. The molecule has 1 saturated heterocycles. The highest BCUT2D eigenvalue weighted by Gasteiger charge is 2.25. The van der Waals surface area contributed by atoms with Crippen molar-refractivity contribution in [2.24, 2.45) is 0 Å². The summed E-state index contributed by atoms with van der Waals surface area (Å²) in [5.41, 5.74) is 0.682. The number of imide groups is 1. The summed E-state index contributed by atoms with van der Waals surface area (Å²) in [5, 5.41) is 2.23. The van der Waals surface area contributed by atoms with Gasteiger partial charge in [-0.1, -0.05) is 11.6 Å². The molecular formula is C12H8ClNO4S. The molecule has 0 bridgehead atoms. The lowest BCUT2D eigenvalue weighted by Gasteiger charge is -2.19. The summed E-state index contributed by atoms with van der Waals surface area (Å²) in [6, 6.07) is 3.39. The van der Waals surface area contributed by atoms with Crippen LogP contribution in [-0.2, 0) is 4.79 Å². The van der Waals surface area contributed by atoms with E-state index in [1.807, 2.05) is 0 Å². The second-order valence-corrected chi connectivity index (χ2v) is 5.30. The highest BCUT2D eigenvalue weighted by Crippen LogP contribution is 2.39. The van der Waals surface area contributed by atoms with Gasteiger partial charge < -0.3 is 9.47 Å². The zero-order chi connectivity index (χ0) is 13.4. The monoisotopic (exact) mass is 297 g/mol. The van der Waals surface area contributed by atoms with E-state index in [1.165, 1.54) is 0 Å². The topological polar surface area (TPSA) is 64.6 Å². The molecule has 0 spiro atoms. The van der Waals surface area contributed by atoms with E-state index >= 15 is 0 Å². The number of amides is 2. The molecule has 3 rings (SSSR count). The fourth-order valence-electron chi connectivity index (χ4n) is 1.79. The van der Waals surface area contributed by atoms with Crippen LogP contribution in [-0.4, -0.2) is 24.4 Å². The van der Waals surface area contributed by atoms with Crippen molar-refractivity contribution in [2.75, 3.05) is 13.2 Å². The third-order valence-electron chi connectivity index (χ3n) is 2.56. The van der Waals surface area contributed by atoms with Crippen molar-refractivity contribution >= 4 is 40.6 Å². The third-order valence-corrected chi connectivity index (χ3v) is 3.65. The number of hydrogen-bond donors (Lipinski definition) is 1. The van der Waals surface area contributed by atoms with Crippen LogP contribution in [0, 0.1) is 0 Å². The fourth-order valence-corrected chi connectivity index (χ4v) is 2.74. The molecule has 1 fully saturated rings. The van der Waals surface area contributed by atoms with Crippen LogP contribution in [0.3, 0.4) is 0 Å². The number of thioether (sulfide) groups is 1. The first kappa shape index (κ1) is 12.4. The number of nitrogens with one attached hydrogen (secondary N) is 1. The molecular weight excluding hydrogens is 290 g/mol. The van der Waals surface area contributed by atoms with E-state index in [4.69, 9.17) is 21.1 Å². The smallest absolute Gasteiger partial charge is 0.290 e. The van der Waals surface area contributed by atoms with Crippen LogP contribution in [0.1, 0.15) is 5.56 Å². The lowest BCUT2D eigenvalue weighted by atomic mass is 10.1. The minimum Gasteiger partial charge on any atom is -0.486 e. The van der Waals surface area contributed by atoms with Gasteiger partial charge in [-0.3, -0.25) is 14.9 Å². The molecule has 0 radical (unpaired) electrons. The van der Waals surface area contributed by atoms with Crippen LogP contribution in [0.25, 0.3) is 6.08 Å². The Balaban J connectivity index is 1.98. The molecule has 0 unspecified atom stereocenters. The average molecular weight is 298 g/mol. The molecule has 0 saturated carbocycles. The number of hydrogen-bond acceptors (Lipinski definition) is 5. The number of carbonyl (C=O) groups excluding carboxylic acids is 2. The zero-order valence-electron chi connectivity index (χ0n) is 9.57. The first-order chi connectivity index (χ1) is 9.13. The zero-order valence-corrected chi connectivity index (χ0v) is 11.1. The Morgan fingerprint density at radius 1 is 1.26 bits per heavy atom. The predicted octanol–water partition coefficient (Wildman–Crippen LogP) is 2.44. The van der Waals surface area contributed by atoms with Gasteiger partial charge in [-0.05, 0) is 35.5 Å². The standard InChI is InChI=1S/C12H8ClNO4S/c13-7-3-6(4-8-10(7)18-2-1-17-8)5-9-11(15)14-12(16)19-9/h3-5H,1-2H2,(H,14,15,16)/b9-5-. The number of halogens is 1. The van der Waals surface area contributed by atoms with Crippen molar-refractivity contribution in [3.8, 4) is 11.5 Å². The van der Waals surface area contributed by atoms with Gasteiger partial charge in [0.15, 0.2) is 11.5 Å². The number of fused-ring (bicyclic) bond motifs is 1. The highest BCUT2D eigenvalue weighted by atomic mass is 35.5. The summed E-state index contributed by atoms with van der Waals surface area (Å²) in [7, 11) is 0. The van der Waals surface area contributed by atoms with E-state index in [9.17, 15) is 9.59 Å². The second kappa shape index (κ2) is 4.79. The second-order valence-electron chi connectivity index (χ2n) is 3.88. The van der Waals surface area contributed by atoms with E-state index in [-0.39, 0.29) is 5.24 Å². The molecule has 98 valence electrons. The van der Waals surface area contributed by atoms with Gasteiger partial charge in [-0.2, -0.15) is 0 Å². The summed E-state index contributed by atoms with van der Waals surface area (Å²) in [4.78, 5) is 22.9. The lowest BCUT2D eigenvalue weighted by molar-refractivity contribution is -0.115. The van der Waals surface area contributed by atoms with E-state index in [0.29, 0.717) is 40.2 Å². The Labute approximate surface area is 117 Å². The third kappa shape index (κ3) is 2.41. The predicted molar refractivity (Wildman–Crippen MR) is 71.5 cm³/mol. The Morgan fingerprint density at radius 2 is 2.05 bits per heavy atom. The van der Waals surface area contributed by atoms with Gasteiger partial charge in [0.2, 0.25) is 0 Å². The summed E-state index contributed by atoms with van der Waals surface area (Å²) >= 11 is 6.95. The quantitative estimate of drug-likeness (QED) is 0.807. The van der Waals surface area contributed by atoms with E-state index in [0.717, 1.165) is 11.8 Å². The number of rotatable bonds is 1. The summed E-state index contributed by atoms with van der Waals surface area (Å²) in [5.74, 6) is 0.649. The molecule has 1 N–H and O–H groups in total. The van der Waals surface area contributed by atoms with Gasteiger partial charge >= 0.3 is 0 Å². The number of carbonyl (C=O) groups is 2. The van der Waals surface area contributed by atoms with Crippen LogP contribution in [0.4, 0.5) is 4.79 Å². The molecule has 0 aromatic heterocycles.